The molecule has 0 saturated carbocycles. The predicted molar refractivity (Wildman–Crippen MR) is 125 cm³/mol. The van der Waals surface area contributed by atoms with Crippen molar-refractivity contribution < 1.29 is 19.0 Å². The Hall–Kier alpha value is -3.13. The van der Waals surface area contributed by atoms with E-state index in [1.807, 2.05) is 33.8 Å². The topological polar surface area (TPSA) is 70.3 Å². The molecule has 4 nitrogen and oxygen atoms in total. The van der Waals surface area contributed by atoms with Gasteiger partial charge < -0.3 is 9.84 Å². The number of allylic oxidation sites excluding steroid dienone is 1. The monoisotopic (exact) mass is 437 g/mol. The van der Waals surface area contributed by atoms with E-state index in [1.165, 1.54) is 12.1 Å². The summed E-state index contributed by atoms with van der Waals surface area (Å²) < 4.78 is 20.4. The second-order valence-electron chi connectivity index (χ2n) is 9.21. The maximum atomic E-state index is 14.2. The fourth-order valence-electron chi connectivity index (χ4n) is 4.36. The van der Waals surface area contributed by atoms with Crippen LogP contribution in [0.4, 0.5) is 4.39 Å². The molecule has 0 fully saturated rings. The first-order valence-corrected chi connectivity index (χ1v) is 10.9. The molecule has 1 heterocycles. The van der Waals surface area contributed by atoms with Crippen LogP contribution in [0.15, 0.2) is 36.9 Å². The molecule has 0 aromatic heterocycles. The summed E-state index contributed by atoms with van der Waals surface area (Å²) in [5.41, 5.74) is 3.31. The van der Waals surface area contributed by atoms with Crippen molar-refractivity contribution in [2.24, 2.45) is 0 Å². The molecule has 5 heteroatoms. The molecule has 0 amide bonds. The standard InChI is InChI=1S/C25H26FNO3.C2H6/c1-15(8-16-6-7-17(12-22(28)29)21(26)9-16)18-10-19(13-27)23-20(11-18)24(2,3)14-25(4,5)30-23;1-2/h6-7,9-11H,1,8,12,14H2,2-5H3,(H,28,29);1-2H3. The first kappa shape index (κ1) is 25.1. The number of rotatable bonds is 5. The van der Waals surface area contributed by atoms with E-state index >= 15 is 0 Å². The molecular formula is C27H32FNO3. The summed E-state index contributed by atoms with van der Waals surface area (Å²) in [7, 11) is 0. The second-order valence-corrected chi connectivity index (χ2v) is 9.21. The van der Waals surface area contributed by atoms with Crippen LogP contribution in [0.5, 0.6) is 5.75 Å². The quantitative estimate of drug-likeness (QED) is 0.584. The molecule has 170 valence electrons. The molecule has 3 rings (SSSR count). The fraction of sp³-hybridized carbons (Fsp3) is 0.407. The number of benzene rings is 2. The number of halogens is 1. The van der Waals surface area contributed by atoms with Gasteiger partial charge in [-0.3, -0.25) is 4.79 Å². The number of hydrogen-bond donors (Lipinski definition) is 1. The Morgan fingerprint density at radius 1 is 1.19 bits per heavy atom. The fourth-order valence-corrected chi connectivity index (χ4v) is 4.36. The average molecular weight is 438 g/mol. The molecule has 1 aliphatic rings. The molecule has 0 radical (unpaired) electrons. The van der Waals surface area contributed by atoms with Gasteiger partial charge in [0.1, 0.15) is 23.2 Å². The van der Waals surface area contributed by atoms with Crippen molar-refractivity contribution in [3.05, 3.63) is 70.5 Å². The van der Waals surface area contributed by atoms with Gasteiger partial charge in [0, 0.05) is 5.56 Å². The molecule has 2 aromatic rings. The number of aliphatic carboxylic acids is 1. The van der Waals surface area contributed by atoms with Gasteiger partial charge in [-0.25, -0.2) is 4.39 Å². The SMILES string of the molecule is C=C(Cc1ccc(CC(=O)O)c(F)c1)c1cc(C#N)c2c(c1)C(C)(C)CC(C)(C)O2.CC. The number of nitriles is 1. The highest BCUT2D eigenvalue weighted by Gasteiger charge is 2.40. The van der Waals surface area contributed by atoms with E-state index in [1.54, 1.807) is 12.1 Å². The van der Waals surface area contributed by atoms with Gasteiger partial charge in [-0.15, -0.1) is 0 Å². The van der Waals surface area contributed by atoms with Crippen molar-refractivity contribution in [3.63, 3.8) is 0 Å². The molecule has 32 heavy (non-hydrogen) atoms. The maximum absolute atomic E-state index is 14.2. The van der Waals surface area contributed by atoms with Crippen LogP contribution in [0.25, 0.3) is 5.57 Å². The van der Waals surface area contributed by atoms with E-state index < -0.39 is 11.8 Å². The molecule has 1 N–H and O–H groups in total. The third-order valence-corrected chi connectivity index (χ3v) is 5.47. The van der Waals surface area contributed by atoms with Crippen molar-refractivity contribution in [3.8, 4) is 11.8 Å². The van der Waals surface area contributed by atoms with Gasteiger partial charge in [-0.1, -0.05) is 46.4 Å². The number of hydrogen-bond acceptors (Lipinski definition) is 3. The lowest BCUT2D eigenvalue weighted by Gasteiger charge is -2.43. The van der Waals surface area contributed by atoms with E-state index in [2.05, 4.69) is 26.5 Å². The molecular weight excluding hydrogens is 405 g/mol. The van der Waals surface area contributed by atoms with Gasteiger partial charge in [0.25, 0.3) is 0 Å². The minimum absolute atomic E-state index is 0.152. The summed E-state index contributed by atoms with van der Waals surface area (Å²) >= 11 is 0. The lowest BCUT2D eigenvalue weighted by atomic mass is 9.72. The zero-order chi connectivity index (χ0) is 24.3. The van der Waals surface area contributed by atoms with Crippen LogP contribution < -0.4 is 4.74 Å². The van der Waals surface area contributed by atoms with Crippen LogP contribution in [0, 0.1) is 17.1 Å². The van der Waals surface area contributed by atoms with Crippen LogP contribution >= 0.6 is 0 Å². The van der Waals surface area contributed by atoms with Crippen molar-refractivity contribution in [1.82, 2.24) is 0 Å². The summed E-state index contributed by atoms with van der Waals surface area (Å²) in [6.07, 6.45) is 0.847. The Morgan fingerprint density at radius 3 is 2.41 bits per heavy atom. The molecule has 0 aliphatic carbocycles. The summed E-state index contributed by atoms with van der Waals surface area (Å²) in [4.78, 5) is 10.8. The van der Waals surface area contributed by atoms with E-state index in [4.69, 9.17) is 9.84 Å². The molecule has 0 saturated heterocycles. The number of carboxylic acid groups (broad SMARTS) is 1. The zero-order valence-electron chi connectivity index (χ0n) is 19.8. The van der Waals surface area contributed by atoms with Gasteiger partial charge in [-0.05, 0) is 72.6 Å². The first-order chi connectivity index (χ1) is 14.9. The van der Waals surface area contributed by atoms with Gasteiger partial charge >= 0.3 is 5.97 Å². The van der Waals surface area contributed by atoms with Gasteiger partial charge in [0.2, 0.25) is 0 Å². The normalized spacial score (nSPS) is 15.3. The Kier molecular flexibility index (Phi) is 7.51. The number of nitrogens with zero attached hydrogens (tertiary/aromatic N) is 1. The van der Waals surface area contributed by atoms with Crippen molar-refractivity contribution in [2.45, 2.75) is 71.8 Å². The van der Waals surface area contributed by atoms with Crippen molar-refractivity contribution >= 4 is 11.5 Å². The van der Waals surface area contributed by atoms with Crippen molar-refractivity contribution in [1.29, 1.82) is 5.26 Å². The summed E-state index contributed by atoms with van der Waals surface area (Å²) in [5, 5.41) is 18.6. The highest BCUT2D eigenvalue weighted by molar-refractivity contribution is 5.72. The Balaban J connectivity index is 0.00000176. The van der Waals surface area contributed by atoms with Gasteiger partial charge in [0.05, 0.1) is 12.0 Å². The maximum Gasteiger partial charge on any atom is 0.307 e. The van der Waals surface area contributed by atoms with E-state index in [0.717, 1.165) is 23.1 Å². The molecule has 0 atom stereocenters. The van der Waals surface area contributed by atoms with Crippen LogP contribution in [0.3, 0.4) is 0 Å². The third-order valence-electron chi connectivity index (χ3n) is 5.47. The number of carbonyl (C=O) groups is 1. The smallest absolute Gasteiger partial charge is 0.307 e. The Bertz CT molecular complexity index is 1080. The van der Waals surface area contributed by atoms with Crippen LogP contribution in [-0.2, 0) is 23.1 Å². The Morgan fingerprint density at radius 2 is 1.84 bits per heavy atom. The Labute approximate surface area is 190 Å². The lowest BCUT2D eigenvalue weighted by molar-refractivity contribution is -0.136. The predicted octanol–water partition coefficient (Wildman–Crippen LogP) is 6.45. The van der Waals surface area contributed by atoms with Crippen molar-refractivity contribution in [2.75, 3.05) is 0 Å². The van der Waals surface area contributed by atoms with Crippen LogP contribution in [-0.4, -0.2) is 16.7 Å². The van der Waals surface area contributed by atoms with Crippen LogP contribution in [0.1, 0.15) is 75.8 Å². The van der Waals surface area contributed by atoms with E-state index in [9.17, 15) is 14.4 Å². The average Bonchev–Trinajstić information content (AvgIpc) is 2.69. The molecule has 1 aliphatic heterocycles. The lowest BCUT2D eigenvalue weighted by Crippen LogP contribution is -2.41. The third kappa shape index (κ3) is 5.56. The number of carboxylic acids is 1. The van der Waals surface area contributed by atoms with Crippen LogP contribution in [0.2, 0.25) is 0 Å². The molecule has 0 unspecified atom stereocenters. The van der Waals surface area contributed by atoms with E-state index in [-0.39, 0.29) is 23.0 Å². The molecule has 2 aromatic carbocycles. The first-order valence-electron chi connectivity index (χ1n) is 10.9. The highest BCUT2D eigenvalue weighted by atomic mass is 19.1. The number of ether oxygens (including phenoxy) is 1. The van der Waals surface area contributed by atoms with E-state index in [0.29, 0.717) is 23.3 Å². The zero-order valence-corrected chi connectivity index (χ0v) is 19.8. The minimum Gasteiger partial charge on any atom is -0.486 e. The van der Waals surface area contributed by atoms with Gasteiger partial charge in [-0.2, -0.15) is 5.26 Å². The molecule has 0 bridgehead atoms. The highest BCUT2D eigenvalue weighted by Crippen LogP contribution is 2.47. The number of fused-ring (bicyclic) bond motifs is 1. The summed E-state index contributed by atoms with van der Waals surface area (Å²) in [6, 6.07) is 10.6. The summed E-state index contributed by atoms with van der Waals surface area (Å²) in [5.74, 6) is -0.987. The molecule has 0 spiro atoms. The largest absolute Gasteiger partial charge is 0.486 e. The minimum atomic E-state index is -1.07. The second kappa shape index (κ2) is 9.56. The summed E-state index contributed by atoms with van der Waals surface area (Å²) in [6.45, 7) is 16.5. The van der Waals surface area contributed by atoms with Gasteiger partial charge in [0.15, 0.2) is 0 Å².